The van der Waals surface area contributed by atoms with Crippen molar-refractivity contribution in [2.24, 2.45) is 0 Å². The van der Waals surface area contributed by atoms with E-state index in [9.17, 15) is 16.8 Å². The molecule has 27 heavy (non-hydrogen) atoms. The zero-order valence-corrected chi connectivity index (χ0v) is 17.0. The molecule has 0 aliphatic carbocycles. The Labute approximate surface area is 164 Å². The van der Waals surface area contributed by atoms with Crippen LogP contribution >= 0.6 is 11.6 Å². The third-order valence-corrected chi connectivity index (χ3v) is 9.01. The molecule has 9 heteroatoms. The van der Waals surface area contributed by atoms with Gasteiger partial charge in [-0.25, -0.2) is 16.8 Å². The van der Waals surface area contributed by atoms with Gasteiger partial charge in [0, 0.05) is 23.2 Å². The average molecular weight is 430 g/mol. The van der Waals surface area contributed by atoms with Gasteiger partial charge in [-0.3, -0.25) is 0 Å². The smallest absolute Gasteiger partial charge is 0.183 e. The van der Waals surface area contributed by atoms with Gasteiger partial charge in [0.05, 0.1) is 28.8 Å². The molecule has 0 saturated carbocycles. The predicted molar refractivity (Wildman–Crippen MR) is 105 cm³/mol. The molecule has 2 unspecified atom stereocenters. The number of rotatable bonds is 6. The van der Waals surface area contributed by atoms with Crippen LogP contribution in [-0.4, -0.2) is 46.7 Å². The average Bonchev–Trinajstić information content (AvgIpc) is 2.96. The Balaban J connectivity index is 1.86. The first kappa shape index (κ1) is 20.1. The maximum atomic E-state index is 13.0. The summed E-state index contributed by atoms with van der Waals surface area (Å²) in [4.78, 5) is 0.0677. The highest BCUT2D eigenvalue weighted by atomic mass is 35.5. The Morgan fingerprint density at radius 3 is 2.44 bits per heavy atom. The SMILES string of the molecule is COc1ccccc1CNC1CS(=O)(=O)CC1S(=O)(=O)c1ccc(Cl)cc1. The van der Waals surface area contributed by atoms with Crippen molar-refractivity contribution in [1.82, 2.24) is 5.32 Å². The first-order valence-electron chi connectivity index (χ1n) is 8.28. The van der Waals surface area contributed by atoms with Gasteiger partial charge in [0.25, 0.3) is 0 Å². The highest BCUT2D eigenvalue weighted by molar-refractivity contribution is 7.96. The lowest BCUT2D eigenvalue weighted by molar-refractivity contribution is 0.406. The number of halogens is 1. The minimum atomic E-state index is -3.83. The lowest BCUT2D eigenvalue weighted by Crippen LogP contribution is -2.43. The van der Waals surface area contributed by atoms with Gasteiger partial charge in [-0.15, -0.1) is 0 Å². The molecule has 2 aromatic rings. The van der Waals surface area contributed by atoms with Crippen LogP contribution in [0.5, 0.6) is 5.75 Å². The van der Waals surface area contributed by atoms with Crippen LogP contribution in [0.4, 0.5) is 0 Å². The number of ether oxygens (including phenoxy) is 1. The molecule has 2 aromatic carbocycles. The molecule has 0 aromatic heterocycles. The first-order chi connectivity index (χ1) is 12.7. The topological polar surface area (TPSA) is 89.5 Å². The molecule has 0 spiro atoms. The lowest BCUT2D eigenvalue weighted by Gasteiger charge is -2.20. The Kier molecular flexibility index (Phi) is 5.81. The van der Waals surface area contributed by atoms with Crippen LogP contribution in [-0.2, 0) is 26.2 Å². The second-order valence-electron chi connectivity index (χ2n) is 6.41. The molecule has 2 atom stereocenters. The van der Waals surface area contributed by atoms with Gasteiger partial charge >= 0.3 is 0 Å². The minimum Gasteiger partial charge on any atom is -0.496 e. The van der Waals surface area contributed by atoms with E-state index in [4.69, 9.17) is 16.3 Å². The van der Waals surface area contributed by atoms with Gasteiger partial charge in [0.1, 0.15) is 5.75 Å². The number of methoxy groups -OCH3 is 1. The number of benzene rings is 2. The number of hydrogen-bond acceptors (Lipinski definition) is 6. The summed E-state index contributed by atoms with van der Waals surface area (Å²) >= 11 is 5.83. The highest BCUT2D eigenvalue weighted by Crippen LogP contribution is 2.27. The molecule has 0 bridgehead atoms. The molecule has 146 valence electrons. The number of sulfone groups is 2. The fourth-order valence-corrected chi connectivity index (χ4v) is 8.04. The summed E-state index contributed by atoms with van der Waals surface area (Å²) in [5.74, 6) is 0.0317. The molecule has 1 aliphatic heterocycles. The Hall–Kier alpha value is -1.61. The first-order valence-corrected chi connectivity index (χ1v) is 12.0. The van der Waals surface area contributed by atoms with Crippen LogP contribution < -0.4 is 10.1 Å². The van der Waals surface area contributed by atoms with Gasteiger partial charge < -0.3 is 10.1 Å². The third-order valence-electron chi connectivity index (χ3n) is 4.59. The summed E-state index contributed by atoms with van der Waals surface area (Å²) in [7, 11) is -5.74. The van der Waals surface area contributed by atoms with Crippen LogP contribution in [0.1, 0.15) is 5.56 Å². The summed E-state index contributed by atoms with van der Waals surface area (Å²) in [6.45, 7) is 0.302. The lowest BCUT2D eigenvalue weighted by atomic mass is 10.1. The van der Waals surface area contributed by atoms with Crippen LogP contribution in [0, 0.1) is 0 Å². The van der Waals surface area contributed by atoms with Crippen LogP contribution in [0.3, 0.4) is 0 Å². The van der Waals surface area contributed by atoms with Crippen molar-refractivity contribution < 1.29 is 21.6 Å². The summed E-state index contributed by atoms with van der Waals surface area (Å²) in [5.41, 5.74) is 0.826. The fourth-order valence-electron chi connectivity index (χ4n) is 3.20. The fraction of sp³-hybridized carbons (Fsp3) is 0.333. The maximum absolute atomic E-state index is 13.0. The minimum absolute atomic E-state index is 0.0677. The molecule has 1 fully saturated rings. The molecule has 1 aliphatic rings. The van der Waals surface area contributed by atoms with Crippen molar-refractivity contribution >= 4 is 31.3 Å². The van der Waals surface area contributed by atoms with E-state index in [2.05, 4.69) is 5.32 Å². The molecule has 0 amide bonds. The van der Waals surface area contributed by atoms with E-state index in [0.29, 0.717) is 17.3 Å². The molecular weight excluding hydrogens is 410 g/mol. The number of nitrogens with one attached hydrogen (secondary N) is 1. The quantitative estimate of drug-likeness (QED) is 0.756. The Bertz CT molecular complexity index is 1020. The van der Waals surface area contributed by atoms with E-state index in [1.54, 1.807) is 13.2 Å². The molecule has 3 rings (SSSR count). The van der Waals surface area contributed by atoms with Gasteiger partial charge in [-0.2, -0.15) is 0 Å². The molecule has 1 saturated heterocycles. The van der Waals surface area contributed by atoms with Crippen molar-refractivity contribution in [1.29, 1.82) is 0 Å². The monoisotopic (exact) mass is 429 g/mol. The molecule has 6 nitrogen and oxygen atoms in total. The number of para-hydroxylation sites is 1. The summed E-state index contributed by atoms with van der Waals surface area (Å²) < 4.78 is 55.6. The van der Waals surface area contributed by atoms with E-state index in [1.165, 1.54) is 24.3 Å². The Morgan fingerprint density at radius 1 is 1.11 bits per heavy atom. The van der Waals surface area contributed by atoms with Crippen molar-refractivity contribution in [3.8, 4) is 5.75 Å². The second-order valence-corrected chi connectivity index (χ2v) is 11.2. The van der Waals surface area contributed by atoms with E-state index >= 15 is 0 Å². The van der Waals surface area contributed by atoms with Gasteiger partial charge in [0.2, 0.25) is 0 Å². The van der Waals surface area contributed by atoms with Crippen molar-refractivity contribution in [3.05, 3.63) is 59.1 Å². The van der Waals surface area contributed by atoms with Crippen LogP contribution in [0.2, 0.25) is 5.02 Å². The molecule has 1 N–H and O–H groups in total. The molecular formula is C18H20ClNO5S2. The highest BCUT2D eigenvalue weighted by Gasteiger charge is 2.45. The van der Waals surface area contributed by atoms with E-state index in [1.807, 2.05) is 18.2 Å². The van der Waals surface area contributed by atoms with Gasteiger partial charge in [0.15, 0.2) is 19.7 Å². The zero-order chi connectivity index (χ0) is 19.7. The van der Waals surface area contributed by atoms with Gasteiger partial charge in [-0.05, 0) is 30.3 Å². The third kappa shape index (κ3) is 4.45. The van der Waals surface area contributed by atoms with Crippen LogP contribution in [0.15, 0.2) is 53.4 Å². The van der Waals surface area contributed by atoms with E-state index < -0.39 is 36.7 Å². The zero-order valence-electron chi connectivity index (χ0n) is 14.6. The van der Waals surface area contributed by atoms with Crippen LogP contribution in [0.25, 0.3) is 0 Å². The molecule has 1 heterocycles. The summed E-state index contributed by atoms with van der Waals surface area (Å²) in [6, 6.07) is 12.4. The van der Waals surface area contributed by atoms with Crippen molar-refractivity contribution in [2.75, 3.05) is 18.6 Å². The summed E-state index contributed by atoms with van der Waals surface area (Å²) in [5, 5.41) is 2.46. The standard InChI is InChI=1S/C18H20ClNO5S2/c1-25-17-5-3-2-4-13(17)10-20-16-11-26(21,22)12-18(16)27(23,24)15-8-6-14(19)7-9-15/h2-9,16,18,20H,10-12H2,1H3. The molecule has 0 radical (unpaired) electrons. The normalized spacial score (nSPS) is 21.9. The maximum Gasteiger partial charge on any atom is 0.183 e. The van der Waals surface area contributed by atoms with E-state index in [-0.39, 0.29) is 10.6 Å². The Morgan fingerprint density at radius 2 is 1.78 bits per heavy atom. The number of hydrogen-bond donors (Lipinski definition) is 1. The second kappa shape index (κ2) is 7.79. The predicted octanol–water partition coefficient (Wildman–Crippen LogP) is 2.08. The van der Waals surface area contributed by atoms with Gasteiger partial charge in [-0.1, -0.05) is 29.8 Å². The van der Waals surface area contributed by atoms with E-state index in [0.717, 1.165) is 5.56 Å². The summed E-state index contributed by atoms with van der Waals surface area (Å²) in [6.07, 6.45) is 0. The van der Waals surface area contributed by atoms with Crippen molar-refractivity contribution in [3.63, 3.8) is 0 Å². The van der Waals surface area contributed by atoms with Crippen molar-refractivity contribution in [2.45, 2.75) is 22.7 Å². The largest absolute Gasteiger partial charge is 0.496 e.